The van der Waals surface area contributed by atoms with Crippen LogP contribution in [0, 0.1) is 0 Å². The predicted molar refractivity (Wildman–Crippen MR) is 96.6 cm³/mol. The zero-order valence-corrected chi connectivity index (χ0v) is 15.2. The molecular formula is C16H24N6O2S. The topological polar surface area (TPSA) is 85.4 Å². The zero-order valence-electron chi connectivity index (χ0n) is 14.4. The summed E-state index contributed by atoms with van der Waals surface area (Å²) in [7, 11) is -1.36. The fourth-order valence-electron chi connectivity index (χ4n) is 3.81. The summed E-state index contributed by atoms with van der Waals surface area (Å²) in [6.45, 7) is 2.37. The minimum Gasteiger partial charge on any atom is -0.355 e. The maximum Gasteiger partial charge on any atom is 0.282 e. The Morgan fingerprint density at radius 3 is 2.76 bits per heavy atom. The van der Waals surface area contributed by atoms with Gasteiger partial charge in [-0.1, -0.05) is 6.42 Å². The van der Waals surface area contributed by atoms with Gasteiger partial charge in [-0.25, -0.2) is 9.97 Å². The van der Waals surface area contributed by atoms with Crippen molar-refractivity contribution in [3.05, 3.63) is 18.6 Å². The van der Waals surface area contributed by atoms with Crippen molar-refractivity contribution in [3.63, 3.8) is 0 Å². The Balaban J connectivity index is 1.51. The number of piperidine rings is 1. The molecule has 2 aliphatic heterocycles. The molecule has 0 saturated carbocycles. The summed E-state index contributed by atoms with van der Waals surface area (Å²) in [6, 6.07) is 2.07. The van der Waals surface area contributed by atoms with E-state index in [0.717, 1.165) is 42.5 Å². The third-order valence-electron chi connectivity index (χ3n) is 5.31. The number of aromatic amines is 1. The number of rotatable bonds is 4. The molecule has 2 fully saturated rings. The molecule has 1 atom stereocenters. The van der Waals surface area contributed by atoms with E-state index in [4.69, 9.17) is 0 Å². The molecule has 0 amide bonds. The van der Waals surface area contributed by atoms with Gasteiger partial charge in [-0.2, -0.15) is 17.0 Å². The number of likely N-dealkylation sites (N-methyl/N-ethyl adjacent to an activating group) is 1. The first kappa shape index (κ1) is 16.7. The summed E-state index contributed by atoms with van der Waals surface area (Å²) >= 11 is 0. The van der Waals surface area contributed by atoms with E-state index in [9.17, 15) is 8.42 Å². The van der Waals surface area contributed by atoms with Crippen molar-refractivity contribution in [2.24, 2.45) is 0 Å². The number of nitrogens with zero attached hydrogens (tertiary/aromatic N) is 5. The van der Waals surface area contributed by atoms with Crippen molar-refractivity contribution in [2.75, 3.05) is 38.1 Å². The van der Waals surface area contributed by atoms with Crippen LogP contribution in [-0.4, -0.2) is 71.2 Å². The molecule has 0 spiro atoms. The van der Waals surface area contributed by atoms with E-state index in [0.29, 0.717) is 26.2 Å². The molecule has 0 bridgehead atoms. The molecule has 9 heteroatoms. The van der Waals surface area contributed by atoms with Gasteiger partial charge in [0.1, 0.15) is 17.8 Å². The first-order valence-electron chi connectivity index (χ1n) is 8.83. The molecule has 2 saturated heterocycles. The molecule has 2 aliphatic rings. The molecule has 8 nitrogen and oxygen atoms in total. The second kappa shape index (κ2) is 6.54. The van der Waals surface area contributed by atoms with E-state index in [1.807, 2.05) is 19.3 Å². The molecule has 1 unspecified atom stereocenters. The van der Waals surface area contributed by atoms with E-state index >= 15 is 0 Å². The lowest BCUT2D eigenvalue weighted by molar-refractivity contribution is 0.315. The van der Waals surface area contributed by atoms with Gasteiger partial charge in [-0.3, -0.25) is 0 Å². The van der Waals surface area contributed by atoms with E-state index in [2.05, 4.69) is 19.9 Å². The molecule has 2 aromatic rings. The van der Waals surface area contributed by atoms with Crippen molar-refractivity contribution in [2.45, 2.75) is 31.7 Å². The van der Waals surface area contributed by atoms with Crippen LogP contribution in [0.3, 0.4) is 0 Å². The van der Waals surface area contributed by atoms with Crippen LogP contribution < -0.4 is 4.90 Å². The minimum absolute atomic E-state index is 0.118. The Bertz CT molecular complexity index is 845. The van der Waals surface area contributed by atoms with E-state index in [-0.39, 0.29) is 6.04 Å². The molecule has 4 heterocycles. The first-order chi connectivity index (χ1) is 12.1. The number of anilines is 1. The van der Waals surface area contributed by atoms with Crippen LogP contribution in [0.1, 0.15) is 25.7 Å². The SMILES string of the molecule is CN(c1ncnc2[nH]ccc12)C1CCN(S(=O)(=O)N2CCCCC2)C1. The standard InChI is InChI=1S/C16H24N6O2S/c1-20(16-14-5-7-17-15(14)18-12-19-16)13-6-10-22(11-13)25(23,24)21-8-3-2-4-9-21/h5,7,12-13H,2-4,6,8-11H2,1H3,(H,17,18,19). The van der Waals surface area contributed by atoms with Crippen molar-refractivity contribution in [1.82, 2.24) is 23.6 Å². The number of hydrogen-bond acceptors (Lipinski definition) is 5. The third kappa shape index (κ3) is 3.00. The highest BCUT2D eigenvalue weighted by Gasteiger charge is 2.37. The molecule has 4 rings (SSSR count). The Kier molecular flexibility index (Phi) is 4.38. The van der Waals surface area contributed by atoms with Gasteiger partial charge in [0.2, 0.25) is 0 Å². The van der Waals surface area contributed by atoms with Gasteiger partial charge in [0, 0.05) is 45.5 Å². The number of hydrogen-bond donors (Lipinski definition) is 1. The van der Waals surface area contributed by atoms with Crippen LogP contribution in [0.15, 0.2) is 18.6 Å². The van der Waals surface area contributed by atoms with Gasteiger partial charge < -0.3 is 9.88 Å². The van der Waals surface area contributed by atoms with Crippen molar-refractivity contribution in [1.29, 1.82) is 0 Å². The Morgan fingerprint density at radius 2 is 1.96 bits per heavy atom. The van der Waals surface area contributed by atoms with Crippen LogP contribution in [-0.2, 0) is 10.2 Å². The molecule has 136 valence electrons. The third-order valence-corrected chi connectivity index (χ3v) is 7.31. The summed E-state index contributed by atoms with van der Waals surface area (Å²) in [5, 5.41) is 0.960. The van der Waals surface area contributed by atoms with E-state index < -0.39 is 10.2 Å². The van der Waals surface area contributed by atoms with Gasteiger partial charge in [-0.05, 0) is 25.3 Å². The smallest absolute Gasteiger partial charge is 0.282 e. The van der Waals surface area contributed by atoms with Gasteiger partial charge in [0.25, 0.3) is 10.2 Å². The quantitative estimate of drug-likeness (QED) is 0.881. The van der Waals surface area contributed by atoms with Gasteiger partial charge >= 0.3 is 0 Å². The second-order valence-corrected chi connectivity index (χ2v) is 8.74. The van der Waals surface area contributed by atoms with Crippen LogP contribution in [0.2, 0.25) is 0 Å². The largest absolute Gasteiger partial charge is 0.355 e. The lowest BCUT2D eigenvalue weighted by Gasteiger charge is -2.31. The summed E-state index contributed by atoms with van der Waals surface area (Å²) < 4.78 is 29.0. The Morgan fingerprint density at radius 1 is 1.16 bits per heavy atom. The highest BCUT2D eigenvalue weighted by molar-refractivity contribution is 7.86. The summed E-state index contributed by atoms with van der Waals surface area (Å²) in [5.41, 5.74) is 0.799. The molecular weight excluding hydrogens is 340 g/mol. The van der Waals surface area contributed by atoms with Gasteiger partial charge in [-0.15, -0.1) is 0 Å². The molecule has 25 heavy (non-hydrogen) atoms. The number of aromatic nitrogens is 3. The van der Waals surface area contributed by atoms with Gasteiger partial charge in [0.15, 0.2) is 0 Å². The molecule has 0 aromatic carbocycles. The Labute approximate surface area is 148 Å². The number of nitrogens with one attached hydrogen (secondary N) is 1. The average Bonchev–Trinajstić information content (AvgIpc) is 3.31. The number of H-pyrrole nitrogens is 1. The summed E-state index contributed by atoms with van der Waals surface area (Å²) in [4.78, 5) is 13.8. The van der Waals surface area contributed by atoms with Crippen LogP contribution >= 0.6 is 0 Å². The van der Waals surface area contributed by atoms with E-state index in [1.165, 1.54) is 0 Å². The molecule has 2 aromatic heterocycles. The van der Waals surface area contributed by atoms with Crippen molar-refractivity contribution >= 4 is 27.1 Å². The van der Waals surface area contributed by atoms with Gasteiger partial charge in [0.05, 0.1) is 5.39 Å². The zero-order chi connectivity index (χ0) is 17.4. The lowest BCUT2D eigenvalue weighted by Crippen LogP contribution is -2.46. The van der Waals surface area contributed by atoms with Crippen molar-refractivity contribution < 1.29 is 8.42 Å². The summed E-state index contributed by atoms with van der Waals surface area (Å²) in [5.74, 6) is 0.841. The molecule has 0 radical (unpaired) electrons. The lowest BCUT2D eigenvalue weighted by atomic mass is 10.2. The fourth-order valence-corrected chi connectivity index (χ4v) is 5.55. The highest BCUT2D eigenvalue weighted by Crippen LogP contribution is 2.28. The first-order valence-corrected chi connectivity index (χ1v) is 10.2. The summed E-state index contributed by atoms with van der Waals surface area (Å²) in [6.07, 6.45) is 7.24. The maximum atomic E-state index is 12.9. The normalized spacial score (nSPS) is 23.3. The highest BCUT2D eigenvalue weighted by atomic mass is 32.2. The van der Waals surface area contributed by atoms with E-state index in [1.54, 1.807) is 14.9 Å². The van der Waals surface area contributed by atoms with Crippen molar-refractivity contribution in [3.8, 4) is 0 Å². The molecule has 0 aliphatic carbocycles. The average molecular weight is 364 g/mol. The maximum absolute atomic E-state index is 12.9. The predicted octanol–water partition coefficient (Wildman–Crippen LogP) is 1.20. The fraction of sp³-hybridized carbons (Fsp3) is 0.625. The monoisotopic (exact) mass is 364 g/mol. The van der Waals surface area contributed by atoms with Crippen LogP contribution in [0.25, 0.3) is 11.0 Å². The molecule has 1 N–H and O–H groups in total. The van der Waals surface area contributed by atoms with Crippen LogP contribution in [0.4, 0.5) is 5.82 Å². The number of fused-ring (bicyclic) bond motifs is 1. The van der Waals surface area contributed by atoms with Crippen LogP contribution in [0.5, 0.6) is 0 Å². The minimum atomic E-state index is -3.34. The Hall–Kier alpha value is -1.71. The second-order valence-electron chi connectivity index (χ2n) is 6.82.